The van der Waals surface area contributed by atoms with E-state index in [1.165, 1.54) is 0 Å². The molecule has 2 rings (SSSR count). The Bertz CT molecular complexity index is 361. The Morgan fingerprint density at radius 3 is 3.00 bits per heavy atom. The number of carboxylic acid groups (broad SMARTS) is 1. The molecule has 94 valence electrons. The van der Waals surface area contributed by atoms with Gasteiger partial charge in [0, 0.05) is 11.0 Å². The molecule has 0 unspecified atom stereocenters. The van der Waals surface area contributed by atoms with Crippen molar-refractivity contribution in [2.75, 3.05) is 5.75 Å². The summed E-state index contributed by atoms with van der Waals surface area (Å²) in [6.07, 6.45) is 2.10. The van der Waals surface area contributed by atoms with Crippen molar-refractivity contribution in [1.82, 2.24) is 10.6 Å². The van der Waals surface area contributed by atoms with Gasteiger partial charge in [-0.15, -0.1) is 0 Å². The summed E-state index contributed by atoms with van der Waals surface area (Å²) in [6.45, 7) is 0. The van der Waals surface area contributed by atoms with Gasteiger partial charge in [0.25, 0.3) is 0 Å². The average Bonchev–Trinajstić information content (AvgIpc) is 2.78. The lowest BCUT2D eigenvalue weighted by Gasteiger charge is -2.16. The number of carbonyl (C=O) groups is 2. The fourth-order valence-electron chi connectivity index (χ4n) is 2.21. The summed E-state index contributed by atoms with van der Waals surface area (Å²) in [4.78, 5) is 21.8. The van der Waals surface area contributed by atoms with Crippen LogP contribution >= 0.6 is 24.0 Å². The highest BCUT2D eigenvalue weighted by molar-refractivity contribution is 8.00. The van der Waals surface area contributed by atoms with Gasteiger partial charge < -0.3 is 15.7 Å². The minimum atomic E-state index is -0.993. The second-order valence-corrected chi connectivity index (χ2v) is 6.01. The van der Waals surface area contributed by atoms with Gasteiger partial charge in [0.2, 0.25) is 0 Å². The van der Waals surface area contributed by atoms with E-state index >= 15 is 0 Å². The smallest absolute Gasteiger partial charge is 0.342 e. The molecule has 3 atom stereocenters. The maximum atomic E-state index is 11.1. The molecule has 0 aromatic carbocycles. The van der Waals surface area contributed by atoms with E-state index in [0.29, 0.717) is 11.7 Å². The predicted octanol–water partition coefficient (Wildman–Crippen LogP) is 0.777. The normalized spacial score (nSPS) is 30.6. The minimum absolute atomic E-state index is 0.0913. The SMILES string of the molecule is O=C1N[C@H]2[C@H](CS[C@H]2CCCC(=S)C(=O)O)N1. The van der Waals surface area contributed by atoms with Crippen LogP contribution in [0.1, 0.15) is 19.3 Å². The summed E-state index contributed by atoms with van der Waals surface area (Å²) >= 11 is 6.57. The van der Waals surface area contributed by atoms with E-state index in [9.17, 15) is 9.59 Å². The number of urea groups is 1. The fraction of sp³-hybridized carbons (Fsp3) is 0.700. The zero-order chi connectivity index (χ0) is 12.4. The number of aliphatic carboxylic acids is 1. The molecule has 2 heterocycles. The Morgan fingerprint density at radius 1 is 1.53 bits per heavy atom. The third-order valence-electron chi connectivity index (χ3n) is 3.07. The van der Waals surface area contributed by atoms with Crippen LogP contribution in [0.2, 0.25) is 0 Å². The lowest BCUT2D eigenvalue weighted by molar-refractivity contribution is -0.129. The molecule has 0 radical (unpaired) electrons. The first-order chi connectivity index (χ1) is 8.08. The van der Waals surface area contributed by atoms with Crippen LogP contribution in [0.25, 0.3) is 0 Å². The van der Waals surface area contributed by atoms with E-state index in [2.05, 4.69) is 10.6 Å². The first-order valence-electron chi connectivity index (χ1n) is 5.52. The van der Waals surface area contributed by atoms with Gasteiger partial charge in [-0.2, -0.15) is 11.8 Å². The number of amides is 2. The number of carboxylic acids is 1. The van der Waals surface area contributed by atoms with Crippen LogP contribution in [-0.4, -0.2) is 45.1 Å². The summed E-state index contributed by atoms with van der Waals surface area (Å²) in [6, 6.07) is 0.321. The third-order valence-corrected chi connectivity index (χ3v) is 4.96. The Kier molecular flexibility index (Phi) is 3.88. The van der Waals surface area contributed by atoms with Gasteiger partial charge in [0.1, 0.15) is 0 Å². The average molecular weight is 274 g/mol. The molecule has 0 saturated carbocycles. The van der Waals surface area contributed by atoms with E-state index in [1.807, 2.05) is 11.8 Å². The molecule has 7 heteroatoms. The second kappa shape index (κ2) is 5.22. The molecule has 2 aliphatic heterocycles. The van der Waals surface area contributed by atoms with Crippen molar-refractivity contribution >= 4 is 40.8 Å². The van der Waals surface area contributed by atoms with Gasteiger partial charge >= 0.3 is 12.0 Å². The van der Waals surface area contributed by atoms with Crippen LogP contribution in [0.15, 0.2) is 0 Å². The number of thiocarbonyl (C=S) groups is 1. The summed E-state index contributed by atoms with van der Waals surface area (Å²) in [5.41, 5.74) is 0. The van der Waals surface area contributed by atoms with Gasteiger partial charge in [0.15, 0.2) is 0 Å². The van der Waals surface area contributed by atoms with Gasteiger partial charge in [-0.05, 0) is 19.3 Å². The van der Waals surface area contributed by atoms with Crippen molar-refractivity contribution < 1.29 is 14.7 Å². The molecule has 0 aromatic heterocycles. The molecule has 3 N–H and O–H groups in total. The highest BCUT2D eigenvalue weighted by Gasteiger charge is 2.42. The quantitative estimate of drug-likeness (QED) is 0.510. The summed E-state index contributed by atoms with van der Waals surface area (Å²) in [5, 5.41) is 14.8. The van der Waals surface area contributed by atoms with Crippen LogP contribution in [0.3, 0.4) is 0 Å². The predicted molar refractivity (Wildman–Crippen MR) is 69.6 cm³/mol. The lowest BCUT2D eigenvalue weighted by atomic mass is 10.0. The number of rotatable bonds is 5. The summed E-state index contributed by atoms with van der Waals surface area (Å²) in [5.74, 6) is -0.0648. The van der Waals surface area contributed by atoms with E-state index < -0.39 is 5.97 Å². The molecule has 2 fully saturated rings. The summed E-state index contributed by atoms with van der Waals surface area (Å²) < 4.78 is 0. The Morgan fingerprint density at radius 2 is 2.29 bits per heavy atom. The molecule has 0 bridgehead atoms. The van der Waals surface area contributed by atoms with Gasteiger partial charge in [-0.3, -0.25) is 0 Å². The third kappa shape index (κ3) is 2.90. The van der Waals surface area contributed by atoms with Crippen LogP contribution in [0.4, 0.5) is 4.79 Å². The molecule has 17 heavy (non-hydrogen) atoms. The number of carbonyl (C=O) groups excluding carboxylic acids is 1. The number of thioether (sulfide) groups is 1. The highest BCUT2D eigenvalue weighted by atomic mass is 32.2. The molecular formula is C10H14N2O3S2. The minimum Gasteiger partial charge on any atom is -0.477 e. The molecule has 2 saturated heterocycles. The van der Waals surface area contributed by atoms with E-state index in [0.717, 1.165) is 18.6 Å². The molecule has 0 aromatic rings. The van der Waals surface area contributed by atoms with Crippen LogP contribution in [0, 0.1) is 0 Å². The molecule has 5 nitrogen and oxygen atoms in total. The molecule has 2 amide bonds. The Balaban J connectivity index is 1.75. The highest BCUT2D eigenvalue weighted by Crippen LogP contribution is 2.33. The number of hydrogen-bond donors (Lipinski definition) is 3. The first-order valence-corrected chi connectivity index (χ1v) is 6.98. The number of fused-ring (bicyclic) bond motifs is 1. The standard InChI is InChI=1S/C10H14N2O3S2/c13-9(14)6(16)2-1-3-7-8-5(4-17-7)11-10(15)12-8/h5,7-8H,1-4H2,(H,13,14)(H2,11,12,15)/t5-,7-,8-/m0/s1. The monoisotopic (exact) mass is 274 g/mol. The van der Waals surface area contributed by atoms with Crippen molar-refractivity contribution in [3.05, 3.63) is 0 Å². The summed E-state index contributed by atoms with van der Waals surface area (Å²) in [7, 11) is 0. The van der Waals surface area contributed by atoms with Crippen molar-refractivity contribution in [2.24, 2.45) is 0 Å². The topological polar surface area (TPSA) is 78.4 Å². The van der Waals surface area contributed by atoms with E-state index in [4.69, 9.17) is 17.3 Å². The number of nitrogens with one attached hydrogen (secondary N) is 2. The number of hydrogen-bond acceptors (Lipinski definition) is 4. The van der Waals surface area contributed by atoms with Crippen molar-refractivity contribution in [2.45, 2.75) is 36.6 Å². The maximum absolute atomic E-state index is 11.1. The molecule has 0 spiro atoms. The van der Waals surface area contributed by atoms with Crippen molar-refractivity contribution in [3.63, 3.8) is 0 Å². The van der Waals surface area contributed by atoms with Gasteiger partial charge in [-0.25, -0.2) is 9.59 Å². The second-order valence-electron chi connectivity index (χ2n) is 4.24. The van der Waals surface area contributed by atoms with E-state index in [1.54, 1.807) is 0 Å². The molecule has 0 aliphatic carbocycles. The zero-order valence-corrected chi connectivity index (χ0v) is 10.8. The Labute approximate surface area is 109 Å². The van der Waals surface area contributed by atoms with Crippen molar-refractivity contribution in [1.29, 1.82) is 0 Å². The molecule has 2 aliphatic rings. The fourth-order valence-corrected chi connectivity index (χ4v) is 3.90. The van der Waals surface area contributed by atoms with Crippen LogP contribution in [-0.2, 0) is 4.79 Å². The van der Waals surface area contributed by atoms with E-state index in [-0.39, 0.29) is 23.0 Å². The lowest BCUT2D eigenvalue weighted by Crippen LogP contribution is -2.36. The largest absolute Gasteiger partial charge is 0.477 e. The van der Waals surface area contributed by atoms with Crippen LogP contribution < -0.4 is 10.6 Å². The molecular weight excluding hydrogens is 260 g/mol. The van der Waals surface area contributed by atoms with Gasteiger partial charge in [0.05, 0.1) is 16.9 Å². The van der Waals surface area contributed by atoms with Gasteiger partial charge in [-0.1, -0.05) is 12.2 Å². The zero-order valence-electron chi connectivity index (χ0n) is 9.14. The van der Waals surface area contributed by atoms with Crippen LogP contribution in [0.5, 0.6) is 0 Å². The van der Waals surface area contributed by atoms with Crippen molar-refractivity contribution in [3.8, 4) is 0 Å². The maximum Gasteiger partial charge on any atom is 0.342 e. The Hall–Kier alpha value is -0.820. The first kappa shape index (κ1) is 12.6.